The molecule has 0 spiro atoms. The van der Waals surface area contributed by atoms with Crippen LogP contribution in [0.2, 0.25) is 5.02 Å². The summed E-state index contributed by atoms with van der Waals surface area (Å²) in [4.78, 5) is 16.2. The number of carbonyl (C=O) groups excluding carboxylic acids is 1. The van der Waals surface area contributed by atoms with Gasteiger partial charge in [0, 0.05) is 18.3 Å². The third-order valence-electron chi connectivity index (χ3n) is 3.58. The van der Waals surface area contributed by atoms with E-state index < -0.39 is 0 Å². The maximum absolute atomic E-state index is 12.1. The number of pyridine rings is 1. The van der Waals surface area contributed by atoms with E-state index in [0.29, 0.717) is 18.2 Å². The van der Waals surface area contributed by atoms with Crippen molar-refractivity contribution in [1.29, 1.82) is 0 Å². The maximum Gasteiger partial charge on any atom is 0.271 e. The van der Waals surface area contributed by atoms with Crippen LogP contribution in [0.1, 0.15) is 16.1 Å². The van der Waals surface area contributed by atoms with Gasteiger partial charge in [-0.3, -0.25) is 14.9 Å². The van der Waals surface area contributed by atoms with Crippen molar-refractivity contribution in [3.05, 3.63) is 47.0 Å². The summed E-state index contributed by atoms with van der Waals surface area (Å²) in [7, 11) is 0. The SMILES string of the molecule is O=C(N[C@@H]1COC[C@H]1Cc1ccncc1)c1[nH]ncc1Cl. The first-order chi connectivity index (χ1) is 10.2. The van der Waals surface area contributed by atoms with Crippen LogP contribution >= 0.6 is 11.6 Å². The van der Waals surface area contributed by atoms with Gasteiger partial charge in [-0.05, 0) is 24.1 Å². The van der Waals surface area contributed by atoms with Crippen LogP contribution in [0, 0.1) is 5.92 Å². The molecule has 0 saturated carbocycles. The number of ether oxygens (including phenoxy) is 1. The maximum atomic E-state index is 12.1. The minimum absolute atomic E-state index is 0.0370. The molecule has 3 heterocycles. The molecule has 110 valence electrons. The van der Waals surface area contributed by atoms with Crippen molar-refractivity contribution >= 4 is 17.5 Å². The summed E-state index contributed by atoms with van der Waals surface area (Å²) >= 11 is 5.89. The van der Waals surface area contributed by atoms with Gasteiger partial charge in [0.15, 0.2) is 0 Å². The van der Waals surface area contributed by atoms with E-state index in [1.54, 1.807) is 12.4 Å². The van der Waals surface area contributed by atoms with Crippen LogP contribution in [0.5, 0.6) is 0 Å². The minimum Gasteiger partial charge on any atom is -0.379 e. The van der Waals surface area contributed by atoms with E-state index in [1.165, 1.54) is 11.8 Å². The number of aromatic nitrogens is 3. The van der Waals surface area contributed by atoms with Crippen LogP contribution in [0.4, 0.5) is 0 Å². The molecule has 21 heavy (non-hydrogen) atoms. The molecule has 3 rings (SSSR count). The standard InChI is InChI=1S/C14H15ClN4O2/c15-11-6-17-19-13(11)14(20)18-12-8-21-7-10(12)5-9-1-3-16-4-2-9/h1-4,6,10,12H,5,7-8H2,(H,17,19)(H,18,20)/t10-,12-/m1/s1. The van der Waals surface area contributed by atoms with Crippen molar-refractivity contribution < 1.29 is 9.53 Å². The fourth-order valence-electron chi connectivity index (χ4n) is 2.45. The number of H-pyrrole nitrogens is 1. The average molecular weight is 307 g/mol. The number of halogens is 1. The summed E-state index contributed by atoms with van der Waals surface area (Å²) in [5, 5.41) is 9.62. The molecule has 6 nitrogen and oxygen atoms in total. The molecule has 2 aromatic heterocycles. The van der Waals surface area contributed by atoms with E-state index in [-0.39, 0.29) is 23.6 Å². The van der Waals surface area contributed by atoms with E-state index in [0.717, 1.165) is 6.42 Å². The Labute approximate surface area is 126 Å². The molecule has 7 heteroatoms. The minimum atomic E-state index is -0.257. The van der Waals surface area contributed by atoms with Gasteiger partial charge >= 0.3 is 0 Å². The van der Waals surface area contributed by atoms with Gasteiger partial charge in [-0.1, -0.05) is 11.6 Å². The molecule has 0 bridgehead atoms. The number of aromatic amines is 1. The quantitative estimate of drug-likeness (QED) is 0.896. The number of rotatable bonds is 4. The van der Waals surface area contributed by atoms with Gasteiger partial charge in [-0.25, -0.2) is 0 Å². The molecule has 0 aromatic carbocycles. The number of hydrogen-bond acceptors (Lipinski definition) is 4. The van der Waals surface area contributed by atoms with Gasteiger partial charge in [0.25, 0.3) is 5.91 Å². The summed E-state index contributed by atoms with van der Waals surface area (Å²) in [6, 6.07) is 3.91. The van der Waals surface area contributed by atoms with E-state index >= 15 is 0 Å². The topological polar surface area (TPSA) is 79.9 Å². The van der Waals surface area contributed by atoms with Crippen LogP contribution in [-0.4, -0.2) is 40.3 Å². The molecule has 2 aromatic rings. The lowest BCUT2D eigenvalue weighted by Crippen LogP contribution is -2.40. The molecule has 0 unspecified atom stereocenters. The summed E-state index contributed by atoms with van der Waals surface area (Å²) in [6.07, 6.45) is 5.78. The molecule has 2 atom stereocenters. The van der Waals surface area contributed by atoms with Gasteiger partial charge in [-0.2, -0.15) is 5.10 Å². The highest BCUT2D eigenvalue weighted by Gasteiger charge is 2.30. The first-order valence-corrected chi connectivity index (χ1v) is 7.08. The van der Waals surface area contributed by atoms with Gasteiger partial charge < -0.3 is 10.1 Å². The molecular weight excluding hydrogens is 292 g/mol. The van der Waals surface area contributed by atoms with Crippen LogP contribution < -0.4 is 5.32 Å². The Bertz CT molecular complexity index is 616. The first-order valence-electron chi connectivity index (χ1n) is 6.70. The fourth-order valence-corrected chi connectivity index (χ4v) is 2.63. The Morgan fingerprint density at radius 1 is 1.43 bits per heavy atom. The Morgan fingerprint density at radius 3 is 2.95 bits per heavy atom. The normalized spacial score (nSPS) is 21.4. The highest BCUT2D eigenvalue weighted by atomic mass is 35.5. The van der Waals surface area contributed by atoms with Crippen molar-refractivity contribution in [1.82, 2.24) is 20.5 Å². The van der Waals surface area contributed by atoms with Crippen LogP contribution in [0.25, 0.3) is 0 Å². The van der Waals surface area contributed by atoms with Gasteiger partial charge in [0.1, 0.15) is 5.69 Å². The highest BCUT2D eigenvalue weighted by Crippen LogP contribution is 2.20. The predicted octanol–water partition coefficient (Wildman–Crippen LogP) is 1.45. The van der Waals surface area contributed by atoms with Gasteiger partial charge in [0.05, 0.1) is 30.5 Å². The van der Waals surface area contributed by atoms with E-state index in [4.69, 9.17) is 16.3 Å². The van der Waals surface area contributed by atoms with Crippen molar-refractivity contribution in [2.24, 2.45) is 5.92 Å². The van der Waals surface area contributed by atoms with E-state index in [2.05, 4.69) is 20.5 Å². The lowest BCUT2D eigenvalue weighted by atomic mass is 9.95. The van der Waals surface area contributed by atoms with Crippen LogP contribution in [0.3, 0.4) is 0 Å². The largest absolute Gasteiger partial charge is 0.379 e. The van der Waals surface area contributed by atoms with Crippen molar-refractivity contribution in [2.45, 2.75) is 12.5 Å². The van der Waals surface area contributed by atoms with Crippen molar-refractivity contribution in [2.75, 3.05) is 13.2 Å². The zero-order valence-electron chi connectivity index (χ0n) is 11.3. The average Bonchev–Trinajstić information content (AvgIpc) is 3.10. The molecule has 2 N–H and O–H groups in total. The zero-order chi connectivity index (χ0) is 14.7. The Morgan fingerprint density at radius 2 is 2.24 bits per heavy atom. The molecule has 1 aliphatic heterocycles. The lowest BCUT2D eigenvalue weighted by Gasteiger charge is -2.18. The zero-order valence-corrected chi connectivity index (χ0v) is 12.0. The molecule has 1 amide bonds. The van der Waals surface area contributed by atoms with Gasteiger partial charge in [-0.15, -0.1) is 0 Å². The summed E-state index contributed by atoms with van der Waals surface area (Å²) in [5.41, 5.74) is 1.46. The second-order valence-corrected chi connectivity index (χ2v) is 5.44. The fraction of sp³-hybridized carbons (Fsp3) is 0.357. The molecule has 1 saturated heterocycles. The van der Waals surface area contributed by atoms with Gasteiger partial charge in [0.2, 0.25) is 0 Å². The smallest absolute Gasteiger partial charge is 0.271 e. The highest BCUT2D eigenvalue weighted by molar-refractivity contribution is 6.33. The third-order valence-corrected chi connectivity index (χ3v) is 3.87. The third kappa shape index (κ3) is 3.22. The van der Waals surface area contributed by atoms with Crippen LogP contribution in [0.15, 0.2) is 30.7 Å². The van der Waals surface area contributed by atoms with Crippen molar-refractivity contribution in [3.63, 3.8) is 0 Å². The van der Waals surface area contributed by atoms with E-state index in [9.17, 15) is 4.79 Å². The summed E-state index contributed by atoms with van der Waals surface area (Å²) in [6.45, 7) is 1.14. The van der Waals surface area contributed by atoms with Crippen molar-refractivity contribution in [3.8, 4) is 0 Å². The molecular formula is C14H15ClN4O2. The Balaban J connectivity index is 1.64. The van der Waals surface area contributed by atoms with Crippen LogP contribution in [-0.2, 0) is 11.2 Å². The number of carbonyl (C=O) groups is 1. The summed E-state index contributed by atoms with van der Waals surface area (Å²) < 4.78 is 5.50. The number of nitrogens with zero attached hydrogens (tertiary/aromatic N) is 2. The number of hydrogen-bond donors (Lipinski definition) is 2. The Hall–Kier alpha value is -1.92. The second-order valence-electron chi connectivity index (χ2n) is 5.03. The monoisotopic (exact) mass is 306 g/mol. The lowest BCUT2D eigenvalue weighted by molar-refractivity contribution is 0.0920. The second kappa shape index (κ2) is 6.24. The molecule has 0 radical (unpaired) electrons. The first kappa shape index (κ1) is 14.0. The summed E-state index contributed by atoms with van der Waals surface area (Å²) in [5.74, 6) is -0.0224. The molecule has 0 aliphatic carbocycles. The molecule has 1 fully saturated rings. The number of amides is 1. The Kier molecular flexibility index (Phi) is 4.17. The van der Waals surface area contributed by atoms with E-state index in [1.807, 2.05) is 12.1 Å². The molecule has 1 aliphatic rings. The number of nitrogens with one attached hydrogen (secondary N) is 2. The predicted molar refractivity (Wildman–Crippen MR) is 77.1 cm³/mol.